The maximum atomic E-state index is 12.5. The van der Waals surface area contributed by atoms with Gasteiger partial charge in [-0.1, -0.05) is 6.42 Å². The molecule has 1 saturated carbocycles. The van der Waals surface area contributed by atoms with Gasteiger partial charge in [0, 0.05) is 43.2 Å². The highest BCUT2D eigenvalue weighted by Gasteiger charge is 2.48. The summed E-state index contributed by atoms with van der Waals surface area (Å²) in [7, 11) is 0. The fourth-order valence-electron chi connectivity index (χ4n) is 4.35. The van der Waals surface area contributed by atoms with Crippen LogP contribution in [0.3, 0.4) is 0 Å². The molecule has 2 fully saturated rings. The van der Waals surface area contributed by atoms with Crippen molar-refractivity contribution in [2.45, 2.75) is 64.0 Å². The molecule has 1 aliphatic carbocycles. The van der Waals surface area contributed by atoms with Gasteiger partial charge in [-0.05, 0) is 40.5 Å². The SMILES string of the molecule is CC1CN(c2ncnc3c2C2(CCC2)CN3)CCN1C(=O)OC(C)(C)C. The third kappa shape index (κ3) is 2.87. The highest BCUT2D eigenvalue weighted by atomic mass is 16.6. The van der Waals surface area contributed by atoms with Crippen LogP contribution >= 0.6 is 0 Å². The first-order valence-corrected chi connectivity index (χ1v) is 9.63. The van der Waals surface area contributed by atoms with Crippen molar-refractivity contribution in [1.82, 2.24) is 14.9 Å². The van der Waals surface area contributed by atoms with Crippen LogP contribution in [0.15, 0.2) is 6.33 Å². The molecule has 1 atom stereocenters. The van der Waals surface area contributed by atoms with Gasteiger partial charge in [0.05, 0.1) is 0 Å². The van der Waals surface area contributed by atoms with E-state index in [9.17, 15) is 4.79 Å². The average molecular weight is 359 g/mol. The molecule has 3 aliphatic rings. The molecule has 26 heavy (non-hydrogen) atoms. The Bertz CT molecular complexity index is 710. The van der Waals surface area contributed by atoms with Gasteiger partial charge in [-0.25, -0.2) is 14.8 Å². The minimum atomic E-state index is -0.469. The lowest BCUT2D eigenvalue weighted by Crippen LogP contribution is -2.55. The Labute approximate surface area is 155 Å². The minimum Gasteiger partial charge on any atom is -0.444 e. The lowest BCUT2D eigenvalue weighted by Gasteiger charge is -2.43. The summed E-state index contributed by atoms with van der Waals surface area (Å²) in [6, 6.07) is 0.0796. The Balaban J connectivity index is 1.52. The molecule has 1 aromatic rings. The molecule has 0 radical (unpaired) electrons. The Morgan fingerprint density at radius 2 is 2.08 bits per heavy atom. The monoisotopic (exact) mass is 359 g/mol. The van der Waals surface area contributed by atoms with Crippen LogP contribution in [-0.2, 0) is 10.2 Å². The molecule has 1 N–H and O–H groups in total. The number of carbonyl (C=O) groups excluding carboxylic acids is 1. The van der Waals surface area contributed by atoms with Crippen molar-refractivity contribution in [3.63, 3.8) is 0 Å². The van der Waals surface area contributed by atoms with Crippen molar-refractivity contribution in [3.05, 3.63) is 11.9 Å². The van der Waals surface area contributed by atoms with Crippen LogP contribution in [0.25, 0.3) is 0 Å². The van der Waals surface area contributed by atoms with Crippen molar-refractivity contribution in [1.29, 1.82) is 0 Å². The number of rotatable bonds is 1. The summed E-state index contributed by atoms with van der Waals surface area (Å²) < 4.78 is 5.56. The van der Waals surface area contributed by atoms with E-state index in [2.05, 4.69) is 27.1 Å². The second kappa shape index (κ2) is 5.99. The summed E-state index contributed by atoms with van der Waals surface area (Å²) >= 11 is 0. The molecular weight excluding hydrogens is 330 g/mol. The molecule has 1 spiro atoms. The molecular formula is C19H29N5O2. The number of ether oxygens (including phenoxy) is 1. The third-order valence-corrected chi connectivity index (χ3v) is 5.82. The normalized spacial score (nSPS) is 24.1. The molecule has 4 rings (SSSR count). The molecule has 1 saturated heterocycles. The van der Waals surface area contributed by atoms with Crippen LogP contribution in [0.4, 0.5) is 16.4 Å². The van der Waals surface area contributed by atoms with Gasteiger partial charge >= 0.3 is 6.09 Å². The van der Waals surface area contributed by atoms with E-state index in [1.54, 1.807) is 6.33 Å². The number of hydrogen-bond acceptors (Lipinski definition) is 6. The highest BCUT2D eigenvalue weighted by Crippen LogP contribution is 2.52. The summed E-state index contributed by atoms with van der Waals surface area (Å²) in [5.74, 6) is 2.05. The van der Waals surface area contributed by atoms with Crippen molar-refractivity contribution in [2.24, 2.45) is 0 Å². The smallest absolute Gasteiger partial charge is 0.410 e. The fraction of sp³-hybridized carbons (Fsp3) is 0.737. The first-order chi connectivity index (χ1) is 12.3. The standard InChI is InChI=1S/C19H29N5O2/c1-13-10-23(8-9-24(13)17(25)26-18(2,3)4)16-14-15(21-12-22-16)20-11-19(14)6-5-7-19/h12-13H,5-11H2,1-4H3,(H,20,21,22). The van der Waals surface area contributed by atoms with Gasteiger partial charge in [0.1, 0.15) is 23.6 Å². The topological polar surface area (TPSA) is 70.6 Å². The third-order valence-electron chi connectivity index (χ3n) is 5.82. The van der Waals surface area contributed by atoms with E-state index in [1.165, 1.54) is 24.8 Å². The van der Waals surface area contributed by atoms with Gasteiger partial charge in [0.15, 0.2) is 0 Å². The molecule has 0 bridgehead atoms. The first-order valence-electron chi connectivity index (χ1n) is 9.63. The second-order valence-electron chi connectivity index (χ2n) is 8.88. The van der Waals surface area contributed by atoms with Crippen molar-refractivity contribution in [3.8, 4) is 0 Å². The van der Waals surface area contributed by atoms with E-state index in [-0.39, 0.29) is 17.6 Å². The number of nitrogens with zero attached hydrogens (tertiary/aromatic N) is 4. The van der Waals surface area contributed by atoms with Crippen LogP contribution in [-0.4, -0.2) is 58.8 Å². The zero-order valence-electron chi connectivity index (χ0n) is 16.2. The number of amides is 1. The Hall–Kier alpha value is -2.05. The predicted molar refractivity (Wildman–Crippen MR) is 101 cm³/mol. The van der Waals surface area contributed by atoms with E-state index in [0.717, 1.165) is 31.3 Å². The largest absolute Gasteiger partial charge is 0.444 e. The maximum absolute atomic E-state index is 12.5. The number of nitrogens with one attached hydrogen (secondary N) is 1. The Morgan fingerprint density at radius 3 is 2.69 bits per heavy atom. The van der Waals surface area contributed by atoms with E-state index < -0.39 is 5.60 Å². The van der Waals surface area contributed by atoms with Crippen molar-refractivity contribution >= 4 is 17.7 Å². The molecule has 3 heterocycles. The molecule has 1 aromatic heterocycles. The number of hydrogen-bond donors (Lipinski definition) is 1. The second-order valence-corrected chi connectivity index (χ2v) is 8.88. The van der Waals surface area contributed by atoms with Crippen LogP contribution in [0.2, 0.25) is 0 Å². The van der Waals surface area contributed by atoms with Crippen LogP contribution in [0, 0.1) is 0 Å². The predicted octanol–water partition coefficient (Wildman–Crippen LogP) is 2.77. The zero-order chi connectivity index (χ0) is 18.5. The lowest BCUT2D eigenvalue weighted by molar-refractivity contribution is 0.0158. The van der Waals surface area contributed by atoms with Gasteiger partial charge in [-0.3, -0.25) is 0 Å². The van der Waals surface area contributed by atoms with Gasteiger partial charge in [0.25, 0.3) is 0 Å². The first kappa shape index (κ1) is 17.4. The number of fused-ring (bicyclic) bond motifs is 2. The Kier molecular flexibility index (Phi) is 4.00. The number of anilines is 2. The van der Waals surface area contributed by atoms with Crippen LogP contribution in [0.1, 0.15) is 52.5 Å². The van der Waals surface area contributed by atoms with Gasteiger partial charge in [-0.2, -0.15) is 0 Å². The molecule has 7 nitrogen and oxygen atoms in total. The van der Waals surface area contributed by atoms with Crippen LogP contribution < -0.4 is 10.2 Å². The number of carbonyl (C=O) groups is 1. The molecule has 0 aromatic carbocycles. The van der Waals surface area contributed by atoms with Crippen molar-refractivity contribution in [2.75, 3.05) is 36.4 Å². The van der Waals surface area contributed by atoms with E-state index >= 15 is 0 Å². The van der Waals surface area contributed by atoms with Gasteiger partial charge in [0.2, 0.25) is 0 Å². The maximum Gasteiger partial charge on any atom is 0.410 e. The molecule has 1 unspecified atom stereocenters. The fourth-order valence-corrected chi connectivity index (χ4v) is 4.35. The quantitative estimate of drug-likeness (QED) is 0.831. The summed E-state index contributed by atoms with van der Waals surface area (Å²) in [4.78, 5) is 25.7. The zero-order valence-corrected chi connectivity index (χ0v) is 16.2. The van der Waals surface area contributed by atoms with E-state index in [1.807, 2.05) is 25.7 Å². The minimum absolute atomic E-state index is 0.0796. The van der Waals surface area contributed by atoms with E-state index in [4.69, 9.17) is 4.74 Å². The molecule has 2 aliphatic heterocycles. The summed E-state index contributed by atoms with van der Waals surface area (Å²) in [6.07, 6.45) is 5.12. The average Bonchev–Trinajstić information content (AvgIpc) is 2.93. The number of aromatic nitrogens is 2. The van der Waals surface area contributed by atoms with Gasteiger partial charge in [-0.15, -0.1) is 0 Å². The molecule has 1 amide bonds. The lowest BCUT2D eigenvalue weighted by atomic mass is 9.66. The molecule has 7 heteroatoms. The van der Waals surface area contributed by atoms with Crippen molar-refractivity contribution < 1.29 is 9.53 Å². The Morgan fingerprint density at radius 1 is 1.31 bits per heavy atom. The highest BCUT2D eigenvalue weighted by molar-refractivity contribution is 5.70. The summed E-state index contributed by atoms with van der Waals surface area (Å²) in [5.41, 5.74) is 1.05. The summed E-state index contributed by atoms with van der Waals surface area (Å²) in [6.45, 7) is 10.9. The van der Waals surface area contributed by atoms with Gasteiger partial charge < -0.3 is 19.9 Å². The van der Waals surface area contributed by atoms with E-state index in [0.29, 0.717) is 6.54 Å². The summed E-state index contributed by atoms with van der Waals surface area (Å²) in [5, 5.41) is 3.47. The molecule has 142 valence electrons. The van der Waals surface area contributed by atoms with Crippen LogP contribution in [0.5, 0.6) is 0 Å². The number of piperazine rings is 1.